The van der Waals surface area contributed by atoms with Gasteiger partial charge in [-0.2, -0.15) is 0 Å². The van der Waals surface area contributed by atoms with Crippen LogP contribution >= 0.6 is 0 Å². The minimum atomic E-state index is 0.415. The average Bonchev–Trinajstić information content (AvgIpc) is 3.35. The third-order valence-electron chi connectivity index (χ3n) is 6.48. The number of nitrogens with zero attached hydrogens (tertiary/aromatic N) is 4. The SMILES string of the molecule is COc1cc(CN2[C@H]3CC[C@@H]2c2cnc(N4CCCC4)nc2C3)cc(OC)c1. The van der Waals surface area contributed by atoms with Crippen molar-refractivity contribution in [3.63, 3.8) is 0 Å². The molecule has 1 aromatic carbocycles. The summed E-state index contributed by atoms with van der Waals surface area (Å²) < 4.78 is 10.9. The molecule has 0 aliphatic carbocycles. The predicted molar refractivity (Wildman–Crippen MR) is 108 cm³/mol. The minimum absolute atomic E-state index is 0.415. The first-order valence-electron chi connectivity index (χ1n) is 10.3. The first-order chi connectivity index (χ1) is 13.7. The number of benzene rings is 1. The zero-order valence-electron chi connectivity index (χ0n) is 16.7. The molecule has 2 saturated heterocycles. The Bertz CT molecular complexity index is 843. The third kappa shape index (κ3) is 3.09. The third-order valence-corrected chi connectivity index (χ3v) is 6.48. The Kier molecular flexibility index (Phi) is 4.59. The fraction of sp³-hybridized carbons (Fsp3) is 0.545. The molecule has 0 radical (unpaired) electrons. The Labute approximate surface area is 166 Å². The van der Waals surface area contributed by atoms with Gasteiger partial charge in [0.05, 0.1) is 19.9 Å². The molecular weight excluding hydrogens is 352 g/mol. The van der Waals surface area contributed by atoms with Crippen LogP contribution in [0.1, 0.15) is 48.5 Å². The van der Waals surface area contributed by atoms with Crippen LogP contribution in [0.5, 0.6) is 11.5 Å². The number of hydrogen-bond donors (Lipinski definition) is 0. The number of ether oxygens (including phenoxy) is 2. The van der Waals surface area contributed by atoms with E-state index in [2.05, 4.69) is 28.1 Å². The molecule has 1 aromatic heterocycles. The number of rotatable bonds is 5. The summed E-state index contributed by atoms with van der Waals surface area (Å²) in [5.74, 6) is 2.62. The van der Waals surface area contributed by atoms with Gasteiger partial charge in [-0.1, -0.05) is 0 Å². The molecule has 2 aromatic rings. The zero-order chi connectivity index (χ0) is 19.1. The van der Waals surface area contributed by atoms with E-state index in [1.54, 1.807) is 14.2 Å². The van der Waals surface area contributed by atoms with Crippen LogP contribution in [0.2, 0.25) is 0 Å². The smallest absolute Gasteiger partial charge is 0.225 e. The van der Waals surface area contributed by atoms with E-state index < -0.39 is 0 Å². The summed E-state index contributed by atoms with van der Waals surface area (Å²) in [7, 11) is 3.41. The van der Waals surface area contributed by atoms with E-state index in [1.165, 1.54) is 42.5 Å². The highest BCUT2D eigenvalue weighted by atomic mass is 16.5. The van der Waals surface area contributed by atoms with E-state index in [0.717, 1.165) is 43.5 Å². The van der Waals surface area contributed by atoms with Crippen molar-refractivity contribution in [1.82, 2.24) is 14.9 Å². The highest BCUT2D eigenvalue weighted by Crippen LogP contribution is 2.44. The van der Waals surface area contributed by atoms with Crippen molar-refractivity contribution >= 4 is 5.95 Å². The molecule has 3 aliphatic heterocycles. The van der Waals surface area contributed by atoms with Gasteiger partial charge in [0, 0.05) is 56.0 Å². The average molecular weight is 380 g/mol. The van der Waals surface area contributed by atoms with Gasteiger partial charge < -0.3 is 14.4 Å². The van der Waals surface area contributed by atoms with Crippen molar-refractivity contribution in [1.29, 1.82) is 0 Å². The fourth-order valence-corrected chi connectivity index (χ4v) is 5.05. The van der Waals surface area contributed by atoms with Crippen molar-refractivity contribution in [3.05, 3.63) is 41.2 Å². The van der Waals surface area contributed by atoms with Crippen molar-refractivity contribution in [2.45, 2.75) is 50.7 Å². The monoisotopic (exact) mass is 380 g/mol. The largest absolute Gasteiger partial charge is 0.497 e. The second kappa shape index (κ2) is 7.24. The Morgan fingerprint density at radius 3 is 2.50 bits per heavy atom. The van der Waals surface area contributed by atoms with E-state index in [1.807, 2.05) is 6.07 Å². The van der Waals surface area contributed by atoms with E-state index in [9.17, 15) is 0 Å². The molecule has 5 rings (SSSR count). The Hall–Kier alpha value is -2.34. The maximum Gasteiger partial charge on any atom is 0.225 e. The lowest BCUT2D eigenvalue weighted by Crippen LogP contribution is -2.38. The van der Waals surface area contributed by atoms with Gasteiger partial charge in [0.2, 0.25) is 5.95 Å². The van der Waals surface area contributed by atoms with Gasteiger partial charge in [-0.05, 0) is 43.4 Å². The van der Waals surface area contributed by atoms with Gasteiger partial charge in [-0.15, -0.1) is 0 Å². The van der Waals surface area contributed by atoms with E-state index in [4.69, 9.17) is 19.4 Å². The molecule has 0 N–H and O–H groups in total. The minimum Gasteiger partial charge on any atom is -0.497 e. The molecular formula is C22H28N4O2. The van der Waals surface area contributed by atoms with Gasteiger partial charge in [0.15, 0.2) is 0 Å². The summed E-state index contributed by atoms with van der Waals surface area (Å²) in [5, 5.41) is 0. The number of aromatic nitrogens is 2. The zero-order valence-corrected chi connectivity index (χ0v) is 16.7. The van der Waals surface area contributed by atoms with E-state index in [0.29, 0.717) is 12.1 Å². The molecule has 2 atom stereocenters. The van der Waals surface area contributed by atoms with Crippen LogP contribution in [-0.4, -0.2) is 48.2 Å². The highest BCUT2D eigenvalue weighted by Gasteiger charge is 2.41. The molecule has 2 bridgehead atoms. The molecule has 6 nitrogen and oxygen atoms in total. The van der Waals surface area contributed by atoms with Crippen LogP contribution in [0.3, 0.4) is 0 Å². The summed E-state index contributed by atoms with van der Waals surface area (Å²) >= 11 is 0. The maximum atomic E-state index is 5.45. The number of anilines is 1. The normalized spacial score (nSPS) is 23.7. The van der Waals surface area contributed by atoms with Crippen LogP contribution in [-0.2, 0) is 13.0 Å². The maximum absolute atomic E-state index is 5.45. The summed E-state index contributed by atoms with van der Waals surface area (Å²) in [6.07, 6.45) is 8.04. The quantitative estimate of drug-likeness (QED) is 0.793. The number of fused-ring (bicyclic) bond motifs is 4. The molecule has 28 heavy (non-hydrogen) atoms. The van der Waals surface area contributed by atoms with Crippen molar-refractivity contribution in [2.75, 3.05) is 32.2 Å². The molecule has 2 fully saturated rings. The molecule has 4 heterocycles. The lowest BCUT2D eigenvalue weighted by atomic mass is 9.98. The molecule has 3 aliphatic rings. The van der Waals surface area contributed by atoms with E-state index >= 15 is 0 Å². The first-order valence-corrected chi connectivity index (χ1v) is 10.3. The molecule has 0 spiro atoms. The van der Waals surface area contributed by atoms with Gasteiger partial charge in [0.1, 0.15) is 11.5 Å². The summed E-state index contributed by atoms with van der Waals surface area (Å²) in [5.41, 5.74) is 3.82. The summed E-state index contributed by atoms with van der Waals surface area (Å²) in [4.78, 5) is 14.7. The lowest BCUT2D eigenvalue weighted by Gasteiger charge is -2.36. The summed E-state index contributed by atoms with van der Waals surface area (Å²) in [6, 6.07) is 7.13. The Balaban J connectivity index is 1.40. The molecule has 0 unspecified atom stereocenters. The summed E-state index contributed by atoms with van der Waals surface area (Å²) in [6.45, 7) is 3.08. The van der Waals surface area contributed by atoms with Gasteiger partial charge in [0.25, 0.3) is 0 Å². The number of methoxy groups -OCH3 is 2. The molecule has 0 saturated carbocycles. The molecule has 6 heteroatoms. The number of hydrogen-bond acceptors (Lipinski definition) is 6. The first kappa shape index (κ1) is 17.7. The Morgan fingerprint density at radius 1 is 1.04 bits per heavy atom. The second-order valence-corrected chi connectivity index (χ2v) is 8.11. The molecule has 148 valence electrons. The van der Waals surface area contributed by atoms with Crippen LogP contribution in [0.15, 0.2) is 24.4 Å². The van der Waals surface area contributed by atoms with Gasteiger partial charge >= 0.3 is 0 Å². The van der Waals surface area contributed by atoms with E-state index in [-0.39, 0.29) is 0 Å². The lowest BCUT2D eigenvalue weighted by molar-refractivity contribution is 0.166. The Morgan fingerprint density at radius 2 is 1.79 bits per heavy atom. The fourth-order valence-electron chi connectivity index (χ4n) is 5.05. The van der Waals surface area contributed by atoms with Crippen LogP contribution < -0.4 is 14.4 Å². The van der Waals surface area contributed by atoms with Gasteiger partial charge in [-0.3, -0.25) is 4.90 Å². The van der Waals surface area contributed by atoms with Gasteiger partial charge in [-0.25, -0.2) is 9.97 Å². The molecule has 0 amide bonds. The van der Waals surface area contributed by atoms with Crippen molar-refractivity contribution in [3.8, 4) is 11.5 Å². The van der Waals surface area contributed by atoms with Crippen LogP contribution in [0.25, 0.3) is 0 Å². The van der Waals surface area contributed by atoms with Crippen LogP contribution in [0, 0.1) is 0 Å². The van der Waals surface area contributed by atoms with Crippen molar-refractivity contribution < 1.29 is 9.47 Å². The second-order valence-electron chi connectivity index (χ2n) is 8.11. The standard InChI is InChI=1S/C22H28N4O2/c1-27-17-9-15(10-18(12-17)28-2)14-26-16-5-6-21(26)19-13-23-22(24-20(19)11-16)25-7-3-4-8-25/h9-10,12-13,16,21H,3-8,11,14H2,1-2H3/t16-,21+/m0/s1. The van der Waals surface area contributed by atoms with Crippen LogP contribution in [0.4, 0.5) is 5.95 Å². The topological polar surface area (TPSA) is 50.7 Å². The highest BCUT2D eigenvalue weighted by molar-refractivity contribution is 5.40. The van der Waals surface area contributed by atoms with Crippen molar-refractivity contribution in [2.24, 2.45) is 0 Å². The predicted octanol–water partition coefficient (Wildman–Crippen LogP) is 3.36.